The third-order valence-corrected chi connectivity index (χ3v) is 2.87. The minimum atomic E-state index is -1.01. The zero-order valence-corrected chi connectivity index (χ0v) is 10.4. The molecular weight excluding hydrogens is 274 g/mol. The SMILES string of the molecule is CN(CC(=O)O)C(=O)Cc1ccccc1Br. The van der Waals surface area contributed by atoms with Gasteiger partial charge in [0.2, 0.25) is 5.91 Å². The first kappa shape index (κ1) is 12.7. The van der Waals surface area contributed by atoms with Crippen LogP contribution in [0.4, 0.5) is 0 Å². The lowest BCUT2D eigenvalue weighted by Gasteiger charge is -2.14. The Morgan fingerprint density at radius 3 is 2.56 bits per heavy atom. The molecule has 0 saturated heterocycles. The van der Waals surface area contributed by atoms with Gasteiger partial charge in [-0.3, -0.25) is 9.59 Å². The normalized spacial score (nSPS) is 9.88. The Hall–Kier alpha value is -1.36. The van der Waals surface area contributed by atoms with Crippen molar-refractivity contribution in [2.75, 3.05) is 13.6 Å². The van der Waals surface area contributed by atoms with Crippen LogP contribution in [0.25, 0.3) is 0 Å². The number of nitrogens with zero attached hydrogens (tertiary/aromatic N) is 1. The van der Waals surface area contributed by atoms with E-state index in [1.165, 1.54) is 11.9 Å². The van der Waals surface area contributed by atoms with Crippen molar-refractivity contribution in [2.24, 2.45) is 0 Å². The molecule has 86 valence electrons. The lowest BCUT2D eigenvalue weighted by Crippen LogP contribution is -2.33. The van der Waals surface area contributed by atoms with Gasteiger partial charge in [0.15, 0.2) is 0 Å². The summed E-state index contributed by atoms with van der Waals surface area (Å²) in [7, 11) is 1.48. The molecule has 0 aliphatic rings. The number of carbonyl (C=O) groups is 2. The molecule has 5 heteroatoms. The molecule has 1 aromatic carbocycles. The Morgan fingerprint density at radius 2 is 2.00 bits per heavy atom. The van der Waals surface area contributed by atoms with Gasteiger partial charge in [-0.05, 0) is 11.6 Å². The van der Waals surface area contributed by atoms with E-state index in [0.29, 0.717) is 0 Å². The number of carboxylic acids is 1. The number of carbonyl (C=O) groups excluding carboxylic acids is 1. The Balaban J connectivity index is 2.64. The summed E-state index contributed by atoms with van der Waals surface area (Å²) >= 11 is 3.34. The second kappa shape index (κ2) is 5.65. The summed E-state index contributed by atoms with van der Waals surface area (Å²) in [6, 6.07) is 7.37. The summed E-state index contributed by atoms with van der Waals surface area (Å²) < 4.78 is 0.854. The smallest absolute Gasteiger partial charge is 0.323 e. The number of hydrogen-bond acceptors (Lipinski definition) is 2. The van der Waals surface area contributed by atoms with Gasteiger partial charge in [0.05, 0.1) is 6.42 Å². The molecule has 0 aliphatic heterocycles. The van der Waals surface area contributed by atoms with Crippen LogP contribution in [-0.4, -0.2) is 35.5 Å². The van der Waals surface area contributed by atoms with Crippen LogP contribution in [0.1, 0.15) is 5.56 Å². The van der Waals surface area contributed by atoms with Crippen LogP contribution in [0.5, 0.6) is 0 Å². The Kier molecular flexibility index (Phi) is 4.49. The second-order valence-electron chi connectivity index (χ2n) is 3.41. The summed E-state index contributed by atoms with van der Waals surface area (Å²) in [4.78, 5) is 23.3. The Labute approximate surface area is 102 Å². The number of benzene rings is 1. The van der Waals surface area contributed by atoms with Crippen molar-refractivity contribution in [1.82, 2.24) is 4.90 Å². The van der Waals surface area contributed by atoms with E-state index >= 15 is 0 Å². The van der Waals surface area contributed by atoms with Crippen LogP contribution in [0.2, 0.25) is 0 Å². The van der Waals surface area contributed by atoms with Crippen molar-refractivity contribution in [3.8, 4) is 0 Å². The first-order valence-electron chi connectivity index (χ1n) is 4.70. The molecule has 0 unspecified atom stereocenters. The van der Waals surface area contributed by atoms with Crippen molar-refractivity contribution in [3.63, 3.8) is 0 Å². The third-order valence-electron chi connectivity index (χ3n) is 2.10. The molecule has 0 heterocycles. The number of amides is 1. The van der Waals surface area contributed by atoms with Gasteiger partial charge in [-0.15, -0.1) is 0 Å². The highest BCUT2D eigenvalue weighted by atomic mass is 79.9. The van der Waals surface area contributed by atoms with Crippen LogP contribution in [0.15, 0.2) is 28.7 Å². The van der Waals surface area contributed by atoms with E-state index in [9.17, 15) is 9.59 Å². The van der Waals surface area contributed by atoms with E-state index in [1.54, 1.807) is 0 Å². The predicted octanol–water partition coefficient (Wildman–Crippen LogP) is 1.53. The van der Waals surface area contributed by atoms with Crippen molar-refractivity contribution in [1.29, 1.82) is 0 Å². The average molecular weight is 286 g/mol. The fourth-order valence-corrected chi connectivity index (χ4v) is 1.66. The predicted molar refractivity (Wildman–Crippen MR) is 63.1 cm³/mol. The minimum absolute atomic E-state index is 0.200. The quantitative estimate of drug-likeness (QED) is 0.913. The average Bonchev–Trinajstić information content (AvgIpc) is 2.20. The van der Waals surface area contributed by atoms with Gasteiger partial charge < -0.3 is 10.0 Å². The Morgan fingerprint density at radius 1 is 1.38 bits per heavy atom. The highest BCUT2D eigenvalue weighted by molar-refractivity contribution is 9.10. The lowest BCUT2D eigenvalue weighted by molar-refractivity contribution is -0.143. The summed E-state index contributed by atoms with van der Waals surface area (Å²) in [5.74, 6) is -1.22. The van der Waals surface area contributed by atoms with Gasteiger partial charge >= 0.3 is 5.97 Å². The molecule has 0 saturated carbocycles. The fraction of sp³-hybridized carbons (Fsp3) is 0.273. The second-order valence-corrected chi connectivity index (χ2v) is 4.27. The fourth-order valence-electron chi connectivity index (χ4n) is 1.23. The zero-order chi connectivity index (χ0) is 12.1. The number of likely N-dealkylation sites (N-methyl/N-ethyl adjacent to an activating group) is 1. The monoisotopic (exact) mass is 285 g/mol. The van der Waals surface area contributed by atoms with Crippen LogP contribution >= 0.6 is 15.9 Å². The van der Waals surface area contributed by atoms with Gasteiger partial charge in [0.1, 0.15) is 6.54 Å². The molecule has 0 aliphatic carbocycles. The van der Waals surface area contributed by atoms with Crippen LogP contribution < -0.4 is 0 Å². The number of rotatable bonds is 4. The van der Waals surface area contributed by atoms with Crippen molar-refractivity contribution in [3.05, 3.63) is 34.3 Å². The summed E-state index contributed by atoms with van der Waals surface area (Å²) in [6.45, 7) is -0.275. The molecule has 1 amide bonds. The van der Waals surface area contributed by atoms with Crippen LogP contribution in [0.3, 0.4) is 0 Å². The molecule has 0 spiro atoms. The summed E-state index contributed by atoms with van der Waals surface area (Å²) in [5.41, 5.74) is 0.852. The molecule has 1 N–H and O–H groups in total. The topological polar surface area (TPSA) is 57.6 Å². The maximum absolute atomic E-state index is 11.6. The summed E-state index contributed by atoms with van der Waals surface area (Å²) in [5, 5.41) is 8.55. The molecule has 0 fully saturated rings. The minimum Gasteiger partial charge on any atom is -0.480 e. The molecule has 0 bridgehead atoms. The molecule has 16 heavy (non-hydrogen) atoms. The number of hydrogen-bond donors (Lipinski definition) is 1. The number of aliphatic carboxylic acids is 1. The number of carboxylic acid groups (broad SMARTS) is 1. The van der Waals surface area contributed by atoms with Gasteiger partial charge in [0.25, 0.3) is 0 Å². The van der Waals surface area contributed by atoms with E-state index in [2.05, 4.69) is 15.9 Å². The zero-order valence-electron chi connectivity index (χ0n) is 8.81. The van der Waals surface area contributed by atoms with E-state index in [4.69, 9.17) is 5.11 Å². The van der Waals surface area contributed by atoms with Crippen LogP contribution in [-0.2, 0) is 16.0 Å². The first-order chi connectivity index (χ1) is 7.50. The maximum atomic E-state index is 11.6. The van der Waals surface area contributed by atoms with Crippen LogP contribution in [0, 0.1) is 0 Å². The Bertz CT molecular complexity index is 406. The van der Waals surface area contributed by atoms with Gasteiger partial charge in [0, 0.05) is 11.5 Å². The largest absolute Gasteiger partial charge is 0.480 e. The van der Waals surface area contributed by atoms with Crippen molar-refractivity contribution < 1.29 is 14.7 Å². The maximum Gasteiger partial charge on any atom is 0.323 e. The molecule has 0 aromatic heterocycles. The van der Waals surface area contributed by atoms with Gasteiger partial charge in [-0.1, -0.05) is 34.1 Å². The molecule has 1 aromatic rings. The first-order valence-corrected chi connectivity index (χ1v) is 5.49. The van der Waals surface area contributed by atoms with Crippen molar-refractivity contribution in [2.45, 2.75) is 6.42 Å². The highest BCUT2D eigenvalue weighted by Crippen LogP contribution is 2.16. The summed E-state index contributed by atoms with van der Waals surface area (Å²) in [6.07, 6.45) is 0.200. The standard InChI is InChI=1S/C11H12BrNO3/c1-13(7-11(15)16)10(14)6-8-4-2-3-5-9(8)12/h2-5H,6-7H2,1H3,(H,15,16). The molecule has 0 atom stereocenters. The van der Waals surface area contributed by atoms with E-state index in [1.807, 2.05) is 24.3 Å². The molecule has 0 radical (unpaired) electrons. The molecule has 4 nitrogen and oxygen atoms in total. The van der Waals surface area contributed by atoms with E-state index < -0.39 is 5.97 Å². The third kappa shape index (κ3) is 3.66. The van der Waals surface area contributed by atoms with Gasteiger partial charge in [-0.2, -0.15) is 0 Å². The van der Waals surface area contributed by atoms with Gasteiger partial charge in [-0.25, -0.2) is 0 Å². The van der Waals surface area contributed by atoms with E-state index in [-0.39, 0.29) is 18.9 Å². The van der Waals surface area contributed by atoms with Crippen molar-refractivity contribution >= 4 is 27.8 Å². The van der Waals surface area contributed by atoms with E-state index in [0.717, 1.165) is 10.0 Å². The molecular formula is C11H12BrNO3. The number of halogens is 1. The highest BCUT2D eigenvalue weighted by Gasteiger charge is 2.13. The lowest BCUT2D eigenvalue weighted by atomic mass is 10.1. The molecule has 1 rings (SSSR count).